The number of hydrogen-bond donors (Lipinski definition) is 1. The van der Waals surface area contributed by atoms with E-state index in [9.17, 15) is 14.4 Å². The molecule has 1 N–H and O–H groups in total. The van der Waals surface area contributed by atoms with E-state index in [0.717, 1.165) is 27.6 Å². The number of amides is 2. The number of hydrazone groups is 1. The van der Waals surface area contributed by atoms with E-state index in [1.807, 2.05) is 48.5 Å². The first kappa shape index (κ1) is 22.0. The van der Waals surface area contributed by atoms with Gasteiger partial charge in [-0.3, -0.25) is 9.59 Å². The number of nitrogens with one attached hydrogen (secondary N) is 1. The molecule has 0 spiro atoms. The molecule has 4 aromatic carbocycles. The van der Waals surface area contributed by atoms with Gasteiger partial charge in [-0.05, 0) is 52.9 Å². The molecule has 0 aromatic heterocycles. The lowest BCUT2D eigenvalue weighted by atomic mass is 10.1. The van der Waals surface area contributed by atoms with Gasteiger partial charge in [0.05, 0.1) is 31.1 Å². The molecule has 1 heterocycles. The highest BCUT2D eigenvalue weighted by Crippen LogP contribution is 2.37. The molecule has 1 aliphatic heterocycles. The van der Waals surface area contributed by atoms with E-state index in [0.29, 0.717) is 23.2 Å². The quantitative estimate of drug-likeness (QED) is 0.258. The van der Waals surface area contributed by atoms with Crippen LogP contribution >= 0.6 is 0 Å². The Morgan fingerprint density at radius 3 is 2.31 bits per heavy atom. The van der Waals surface area contributed by atoms with Crippen molar-refractivity contribution in [3.8, 4) is 0 Å². The minimum absolute atomic E-state index is 0.0208. The molecule has 2 amide bonds. The van der Waals surface area contributed by atoms with Crippen LogP contribution in [0.5, 0.6) is 0 Å². The molecule has 0 radical (unpaired) electrons. The largest absolute Gasteiger partial charge is 0.465 e. The fourth-order valence-electron chi connectivity index (χ4n) is 4.13. The number of carbonyl (C=O) groups is 3. The highest BCUT2D eigenvalue weighted by molar-refractivity contribution is 6.24. The molecule has 4 aromatic rings. The number of rotatable bonds is 6. The van der Waals surface area contributed by atoms with Crippen LogP contribution in [0.2, 0.25) is 0 Å². The molecular weight excluding hydrogens is 442 g/mol. The van der Waals surface area contributed by atoms with Gasteiger partial charge in [0.2, 0.25) is 0 Å². The predicted molar refractivity (Wildman–Crippen MR) is 134 cm³/mol. The highest BCUT2D eigenvalue weighted by atomic mass is 16.5. The molecule has 0 atom stereocenters. The fourth-order valence-corrected chi connectivity index (χ4v) is 4.13. The molecule has 7 heteroatoms. The van der Waals surface area contributed by atoms with Crippen LogP contribution in [-0.2, 0) is 11.3 Å². The van der Waals surface area contributed by atoms with E-state index in [2.05, 4.69) is 15.3 Å². The van der Waals surface area contributed by atoms with Crippen LogP contribution in [0.1, 0.15) is 42.2 Å². The van der Waals surface area contributed by atoms with Crippen LogP contribution in [0.15, 0.2) is 90.0 Å². The smallest absolute Gasteiger partial charge is 0.337 e. The van der Waals surface area contributed by atoms with E-state index >= 15 is 0 Å². The van der Waals surface area contributed by atoms with Crippen LogP contribution in [0.3, 0.4) is 0 Å². The van der Waals surface area contributed by atoms with Gasteiger partial charge >= 0.3 is 5.97 Å². The van der Waals surface area contributed by atoms with Crippen LogP contribution in [-0.4, -0.2) is 31.1 Å². The van der Waals surface area contributed by atoms with Crippen LogP contribution < -0.4 is 10.3 Å². The Labute approximate surface area is 201 Å². The van der Waals surface area contributed by atoms with Gasteiger partial charge in [-0.2, -0.15) is 5.10 Å². The Balaban J connectivity index is 1.23. The minimum atomic E-state index is -0.416. The SMILES string of the molecule is COC(=O)c1ccc(/C=N/NC(=O)c2ccc(CN3C(=O)c4cccc5cccc3c45)cc2)cc1. The number of hydrogen-bond acceptors (Lipinski definition) is 5. The Bertz CT molecular complexity index is 1470. The molecule has 0 fully saturated rings. The molecule has 0 saturated heterocycles. The maximum atomic E-state index is 13.0. The Morgan fingerprint density at radius 1 is 0.914 bits per heavy atom. The molecule has 35 heavy (non-hydrogen) atoms. The van der Waals surface area contributed by atoms with E-state index < -0.39 is 5.97 Å². The summed E-state index contributed by atoms with van der Waals surface area (Å²) in [6.45, 7) is 0.411. The summed E-state index contributed by atoms with van der Waals surface area (Å²) in [6, 6.07) is 25.4. The zero-order valence-electron chi connectivity index (χ0n) is 18.9. The molecule has 0 bridgehead atoms. The average Bonchev–Trinajstić information content (AvgIpc) is 3.17. The van der Waals surface area contributed by atoms with E-state index in [4.69, 9.17) is 0 Å². The fraction of sp³-hybridized carbons (Fsp3) is 0.0714. The summed E-state index contributed by atoms with van der Waals surface area (Å²) in [6.07, 6.45) is 1.49. The maximum Gasteiger partial charge on any atom is 0.337 e. The van der Waals surface area contributed by atoms with Crippen LogP contribution in [0.4, 0.5) is 5.69 Å². The van der Waals surface area contributed by atoms with Gasteiger partial charge in [0.15, 0.2) is 0 Å². The summed E-state index contributed by atoms with van der Waals surface area (Å²) in [5.74, 6) is -0.790. The lowest BCUT2D eigenvalue weighted by molar-refractivity contribution is 0.0600. The van der Waals surface area contributed by atoms with E-state index in [1.54, 1.807) is 41.3 Å². The van der Waals surface area contributed by atoms with E-state index in [1.165, 1.54) is 13.3 Å². The number of ether oxygens (including phenoxy) is 1. The summed E-state index contributed by atoms with van der Waals surface area (Å²) in [5.41, 5.74) is 6.63. The lowest BCUT2D eigenvalue weighted by Gasteiger charge is -2.18. The topological polar surface area (TPSA) is 88.1 Å². The third-order valence-corrected chi connectivity index (χ3v) is 5.92. The van der Waals surface area contributed by atoms with Crippen LogP contribution in [0, 0.1) is 0 Å². The van der Waals surface area contributed by atoms with Crippen molar-refractivity contribution in [3.05, 3.63) is 113 Å². The first-order chi connectivity index (χ1) is 17.0. The third-order valence-electron chi connectivity index (χ3n) is 5.92. The normalized spacial score (nSPS) is 12.4. The van der Waals surface area contributed by atoms with Crippen LogP contribution in [0.25, 0.3) is 10.8 Å². The molecule has 0 unspecified atom stereocenters. The first-order valence-corrected chi connectivity index (χ1v) is 11.0. The Morgan fingerprint density at radius 2 is 1.60 bits per heavy atom. The predicted octanol–water partition coefficient (Wildman–Crippen LogP) is 4.55. The van der Waals surface area contributed by atoms with Gasteiger partial charge in [-0.1, -0.05) is 48.5 Å². The van der Waals surface area contributed by atoms with Gasteiger partial charge < -0.3 is 9.64 Å². The number of esters is 1. The first-order valence-electron chi connectivity index (χ1n) is 11.0. The molecule has 7 nitrogen and oxygen atoms in total. The number of nitrogens with zero attached hydrogens (tertiary/aromatic N) is 2. The monoisotopic (exact) mass is 463 g/mol. The van der Waals surface area contributed by atoms with Crippen molar-refractivity contribution in [1.82, 2.24) is 5.43 Å². The highest BCUT2D eigenvalue weighted by Gasteiger charge is 2.29. The molecular formula is C28H21N3O4. The van der Waals surface area contributed by atoms with Crippen molar-refractivity contribution in [1.29, 1.82) is 0 Å². The maximum absolute atomic E-state index is 13.0. The minimum Gasteiger partial charge on any atom is -0.465 e. The zero-order valence-corrected chi connectivity index (χ0v) is 18.9. The average molecular weight is 463 g/mol. The number of anilines is 1. The lowest BCUT2D eigenvalue weighted by Crippen LogP contribution is -2.26. The van der Waals surface area contributed by atoms with Gasteiger partial charge in [0, 0.05) is 16.5 Å². The van der Waals surface area contributed by atoms with Gasteiger partial charge in [-0.15, -0.1) is 0 Å². The van der Waals surface area contributed by atoms with Gasteiger partial charge in [0.1, 0.15) is 0 Å². The van der Waals surface area contributed by atoms with Crippen molar-refractivity contribution in [2.75, 3.05) is 12.0 Å². The summed E-state index contributed by atoms with van der Waals surface area (Å²) < 4.78 is 4.67. The van der Waals surface area contributed by atoms with Gasteiger partial charge in [-0.25, -0.2) is 10.2 Å². The van der Waals surface area contributed by atoms with Crippen molar-refractivity contribution < 1.29 is 19.1 Å². The van der Waals surface area contributed by atoms with Crippen molar-refractivity contribution in [2.45, 2.75) is 6.54 Å². The third kappa shape index (κ3) is 4.27. The van der Waals surface area contributed by atoms with Gasteiger partial charge in [0.25, 0.3) is 11.8 Å². The number of benzene rings is 4. The van der Waals surface area contributed by atoms with Crippen molar-refractivity contribution in [3.63, 3.8) is 0 Å². The second-order valence-corrected chi connectivity index (χ2v) is 8.08. The second-order valence-electron chi connectivity index (χ2n) is 8.08. The summed E-state index contributed by atoms with van der Waals surface area (Å²) in [4.78, 5) is 38.7. The number of methoxy groups -OCH3 is 1. The summed E-state index contributed by atoms with van der Waals surface area (Å²) in [7, 11) is 1.32. The second kappa shape index (κ2) is 9.23. The molecule has 0 saturated carbocycles. The molecule has 172 valence electrons. The molecule has 5 rings (SSSR count). The van der Waals surface area contributed by atoms with Crippen molar-refractivity contribution in [2.24, 2.45) is 5.10 Å². The standard InChI is InChI=1S/C28H21N3O4/c1-35-28(34)22-14-8-18(9-15-22)16-29-30-26(32)21-12-10-19(11-13-21)17-31-24-7-3-5-20-4-2-6-23(25(20)24)27(31)33/h2-16H,17H2,1H3,(H,30,32)/b29-16+. The summed E-state index contributed by atoms with van der Waals surface area (Å²) in [5, 5.41) is 6.00. The molecule has 1 aliphatic rings. The Kier molecular flexibility index (Phi) is 5.81. The molecule has 0 aliphatic carbocycles. The van der Waals surface area contributed by atoms with E-state index in [-0.39, 0.29) is 11.8 Å². The zero-order chi connectivity index (χ0) is 24.4. The summed E-state index contributed by atoms with van der Waals surface area (Å²) >= 11 is 0. The Hall–Kier alpha value is -4.78. The van der Waals surface area contributed by atoms with Crippen molar-refractivity contribution >= 4 is 40.5 Å². The number of carbonyl (C=O) groups excluding carboxylic acids is 3.